The van der Waals surface area contributed by atoms with Crippen LogP contribution in [-0.4, -0.2) is 34.7 Å². The lowest BCUT2D eigenvalue weighted by Gasteiger charge is -2.31. The zero-order chi connectivity index (χ0) is 21.2. The Balaban J connectivity index is 1.50. The maximum absolute atomic E-state index is 12.8. The predicted molar refractivity (Wildman–Crippen MR) is 120 cm³/mol. The van der Waals surface area contributed by atoms with E-state index in [0.717, 1.165) is 23.0 Å². The van der Waals surface area contributed by atoms with E-state index in [0.29, 0.717) is 28.7 Å². The van der Waals surface area contributed by atoms with Crippen LogP contribution in [0.4, 0.5) is 0 Å². The van der Waals surface area contributed by atoms with Gasteiger partial charge in [0.15, 0.2) is 11.0 Å². The van der Waals surface area contributed by atoms with Gasteiger partial charge in [-0.15, -0.1) is 15.3 Å². The van der Waals surface area contributed by atoms with Crippen LogP contribution in [0.25, 0.3) is 22.3 Å². The Kier molecular flexibility index (Phi) is 5.50. The van der Waals surface area contributed by atoms with Crippen LogP contribution in [0.2, 0.25) is 0 Å². The summed E-state index contributed by atoms with van der Waals surface area (Å²) in [6.07, 6.45) is 8.31. The first kappa shape index (κ1) is 19.9. The van der Waals surface area contributed by atoms with Crippen molar-refractivity contribution in [3.63, 3.8) is 0 Å². The quantitative estimate of drug-likeness (QED) is 0.440. The van der Waals surface area contributed by atoms with E-state index in [2.05, 4.69) is 37.0 Å². The fourth-order valence-electron chi connectivity index (χ4n) is 4.27. The van der Waals surface area contributed by atoms with E-state index in [1.54, 1.807) is 18.3 Å². The highest BCUT2D eigenvalue weighted by Gasteiger charge is 2.28. The molecule has 31 heavy (non-hydrogen) atoms. The molecule has 4 aromatic rings. The van der Waals surface area contributed by atoms with Crippen molar-refractivity contribution in [2.45, 2.75) is 49.7 Å². The van der Waals surface area contributed by atoms with Crippen LogP contribution in [0.15, 0.2) is 58.7 Å². The molecule has 158 valence electrons. The summed E-state index contributed by atoms with van der Waals surface area (Å²) in [6, 6.07) is 11.5. The zero-order valence-corrected chi connectivity index (χ0v) is 18.1. The Hall–Kier alpha value is -3.07. The predicted octanol–water partition coefficient (Wildman–Crippen LogP) is 3.95. The topological polar surface area (TPSA) is 91.4 Å². The first-order chi connectivity index (χ1) is 15.2. The Labute approximate surface area is 183 Å². The highest BCUT2D eigenvalue weighted by atomic mass is 32.2. The number of rotatable bonds is 5. The lowest BCUT2D eigenvalue weighted by atomic mass is 9.85. The lowest BCUT2D eigenvalue weighted by Crippen LogP contribution is -2.24. The lowest BCUT2D eigenvalue weighted by molar-refractivity contribution is 0.247. The zero-order valence-electron chi connectivity index (χ0n) is 17.3. The summed E-state index contributed by atoms with van der Waals surface area (Å²) in [5, 5.41) is 18.6. The van der Waals surface area contributed by atoms with Crippen LogP contribution in [-0.2, 0) is 5.88 Å². The molecule has 0 saturated heterocycles. The second kappa shape index (κ2) is 8.58. The average Bonchev–Trinajstić information content (AvgIpc) is 3.23. The van der Waals surface area contributed by atoms with Gasteiger partial charge in [-0.2, -0.15) is 4.68 Å². The molecule has 5 rings (SSSR count). The monoisotopic (exact) mass is 433 g/mol. The van der Waals surface area contributed by atoms with Gasteiger partial charge < -0.3 is 0 Å². The van der Waals surface area contributed by atoms with Crippen LogP contribution < -0.4 is 5.56 Å². The summed E-state index contributed by atoms with van der Waals surface area (Å²) in [6.45, 7) is 2.30. The molecule has 1 aromatic carbocycles. The molecule has 8 nitrogen and oxygen atoms in total. The molecular weight excluding hydrogens is 410 g/mol. The van der Waals surface area contributed by atoms with E-state index in [9.17, 15) is 4.79 Å². The van der Waals surface area contributed by atoms with Gasteiger partial charge in [0.25, 0.3) is 5.56 Å². The largest absolute Gasteiger partial charge is 0.299 e. The first-order valence-corrected chi connectivity index (χ1v) is 11.5. The summed E-state index contributed by atoms with van der Waals surface area (Å²) < 4.78 is 3.63. The fourth-order valence-corrected chi connectivity index (χ4v) is 5.14. The van der Waals surface area contributed by atoms with Gasteiger partial charge in [0.05, 0.1) is 11.3 Å². The van der Waals surface area contributed by atoms with Gasteiger partial charge in [-0.25, -0.2) is 0 Å². The highest BCUT2D eigenvalue weighted by Crippen LogP contribution is 2.39. The van der Waals surface area contributed by atoms with Crippen molar-refractivity contribution in [2.75, 3.05) is 0 Å². The minimum absolute atomic E-state index is 0.150. The first-order valence-electron chi connectivity index (χ1n) is 10.5. The number of thioether (sulfide) groups is 1. The van der Waals surface area contributed by atoms with Crippen molar-refractivity contribution in [2.24, 2.45) is 5.92 Å². The van der Waals surface area contributed by atoms with Gasteiger partial charge >= 0.3 is 0 Å². The van der Waals surface area contributed by atoms with Crippen molar-refractivity contribution in [1.29, 1.82) is 0 Å². The molecular formula is C22H23N7OS. The molecule has 2 atom stereocenters. The van der Waals surface area contributed by atoms with Gasteiger partial charge in [0, 0.05) is 24.0 Å². The molecule has 1 aliphatic rings. The molecule has 0 unspecified atom stereocenters. The Morgan fingerprint density at radius 2 is 1.94 bits per heavy atom. The third-order valence-electron chi connectivity index (χ3n) is 5.93. The minimum Gasteiger partial charge on any atom is -0.299 e. The molecule has 1 saturated carbocycles. The number of pyridine rings is 1. The molecule has 0 radical (unpaired) electrons. The van der Waals surface area contributed by atoms with Crippen LogP contribution in [0.5, 0.6) is 0 Å². The number of benzene rings is 1. The molecule has 3 aromatic heterocycles. The normalized spacial score (nSPS) is 19.0. The van der Waals surface area contributed by atoms with Crippen molar-refractivity contribution < 1.29 is 0 Å². The Morgan fingerprint density at radius 1 is 1.06 bits per heavy atom. The maximum atomic E-state index is 12.8. The minimum atomic E-state index is -0.150. The molecule has 0 aliphatic heterocycles. The molecule has 3 heterocycles. The van der Waals surface area contributed by atoms with Crippen molar-refractivity contribution >= 4 is 22.7 Å². The molecule has 0 bridgehead atoms. The Morgan fingerprint density at radius 3 is 2.77 bits per heavy atom. The van der Waals surface area contributed by atoms with Crippen LogP contribution >= 0.6 is 11.8 Å². The Bertz CT molecular complexity index is 1250. The van der Waals surface area contributed by atoms with Crippen molar-refractivity contribution in [3.8, 4) is 11.4 Å². The molecule has 1 aliphatic carbocycles. The third-order valence-corrected chi connectivity index (χ3v) is 6.84. The summed E-state index contributed by atoms with van der Waals surface area (Å²) >= 11 is 1.46. The third kappa shape index (κ3) is 3.85. The number of nitrogens with zero attached hydrogens (tertiary/aromatic N) is 7. The van der Waals surface area contributed by atoms with Crippen LogP contribution in [0.1, 0.15) is 38.6 Å². The van der Waals surface area contributed by atoms with Crippen LogP contribution in [0, 0.1) is 5.92 Å². The van der Waals surface area contributed by atoms with E-state index < -0.39 is 0 Å². The second-order valence-corrected chi connectivity index (χ2v) is 8.84. The smallest absolute Gasteiger partial charge is 0.278 e. The van der Waals surface area contributed by atoms with E-state index in [1.165, 1.54) is 35.7 Å². The number of fused-ring (bicyclic) bond motifs is 1. The second-order valence-electron chi connectivity index (χ2n) is 7.93. The van der Waals surface area contributed by atoms with Crippen molar-refractivity contribution in [3.05, 3.63) is 59.1 Å². The molecule has 0 N–H and O–H groups in total. The molecule has 0 spiro atoms. The standard InChI is InChI=1S/C22H23N7OS/c1-15-7-2-5-11-19(15)29-20(16-8-6-12-23-13-16)25-26-22(29)31-14-28-21(30)17-9-3-4-10-18(17)24-27-28/h3-4,6,8-10,12-13,15,19H,2,5,7,11,14H2,1H3/t15-,19-/m0/s1. The highest BCUT2D eigenvalue weighted by molar-refractivity contribution is 7.98. The summed E-state index contributed by atoms with van der Waals surface area (Å²) in [5.41, 5.74) is 1.40. The van der Waals surface area contributed by atoms with E-state index in [4.69, 9.17) is 0 Å². The number of hydrogen-bond donors (Lipinski definition) is 0. The SMILES string of the molecule is C[C@H]1CCCC[C@@H]1n1c(SCn2nnc3ccccc3c2=O)nnc1-c1cccnc1. The fraction of sp³-hybridized carbons (Fsp3) is 0.364. The van der Waals surface area contributed by atoms with E-state index in [-0.39, 0.29) is 5.56 Å². The average molecular weight is 434 g/mol. The van der Waals surface area contributed by atoms with E-state index >= 15 is 0 Å². The van der Waals surface area contributed by atoms with Crippen molar-refractivity contribution in [1.82, 2.24) is 34.7 Å². The summed E-state index contributed by atoms with van der Waals surface area (Å²) in [4.78, 5) is 17.1. The number of hydrogen-bond acceptors (Lipinski definition) is 7. The van der Waals surface area contributed by atoms with Gasteiger partial charge in [-0.3, -0.25) is 14.3 Å². The van der Waals surface area contributed by atoms with Gasteiger partial charge in [-0.1, -0.05) is 48.9 Å². The van der Waals surface area contributed by atoms with E-state index in [1.807, 2.05) is 30.5 Å². The maximum Gasteiger partial charge on any atom is 0.278 e. The number of aromatic nitrogens is 7. The molecule has 0 amide bonds. The van der Waals surface area contributed by atoms with Gasteiger partial charge in [0.2, 0.25) is 0 Å². The summed E-state index contributed by atoms with van der Waals surface area (Å²) in [7, 11) is 0. The molecule has 9 heteroatoms. The van der Waals surface area contributed by atoms with Crippen LogP contribution in [0.3, 0.4) is 0 Å². The molecule has 1 fully saturated rings. The van der Waals surface area contributed by atoms with Gasteiger partial charge in [0.1, 0.15) is 5.52 Å². The summed E-state index contributed by atoms with van der Waals surface area (Å²) in [5.74, 6) is 1.68. The van der Waals surface area contributed by atoms with Gasteiger partial charge in [-0.05, 0) is 43.0 Å².